The standard InChI is InChI=1S/C16H26BrN3/c1-18-11-14-4-5-15(10-16(14)17)20-8-6-13(7-9-20)12-19(2)3/h4-5,10,13,18H,6-9,11-12H2,1-3H3. The SMILES string of the molecule is CNCc1ccc(N2CCC(CN(C)C)CC2)cc1Br. The third-order valence-electron chi connectivity index (χ3n) is 4.01. The molecular weight excluding hydrogens is 314 g/mol. The molecule has 0 bridgehead atoms. The van der Waals surface area contributed by atoms with Crippen LogP contribution in [0.3, 0.4) is 0 Å². The molecule has 1 fully saturated rings. The van der Waals surface area contributed by atoms with E-state index in [0.29, 0.717) is 0 Å². The van der Waals surface area contributed by atoms with Crippen LogP contribution in [0.4, 0.5) is 5.69 Å². The summed E-state index contributed by atoms with van der Waals surface area (Å²) in [6.07, 6.45) is 2.60. The highest BCUT2D eigenvalue weighted by Crippen LogP contribution is 2.28. The minimum Gasteiger partial charge on any atom is -0.371 e. The molecule has 0 radical (unpaired) electrons. The van der Waals surface area contributed by atoms with Gasteiger partial charge in [0.15, 0.2) is 0 Å². The van der Waals surface area contributed by atoms with Gasteiger partial charge in [-0.25, -0.2) is 0 Å². The third-order valence-corrected chi connectivity index (χ3v) is 4.75. The maximum absolute atomic E-state index is 3.69. The fraction of sp³-hybridized carbons (Fsp3) is 0.625. The van der Waals surface area contributed by atoms with Crippen molar-refractivity contribution < 1.29 is 0 Å². The van der Waals surface area contributed by atoms with Gasteiger partial charge < -0.3 is 15.1 Å². The zero-order valence-electron chi connectivity index (χ0n) is 12.8. The molecule has 0 atom stereocenters. The summed E-state index contributed by atoms with van der Waals surface area (Å²) >= 11 is 3.69. The minimum absolute atomic E-state index is 0.855. The van der Waals surface area contributed by atoms with Crippen molar-refractivity contribution in [2.24, 2.45) is 5.92 Å². The average molecular weight is 340 g/mol. The van der Waals surface area contributed by atoms with Gasteiger partial charge >= 0.3 is 0 Å². The van der Waals surface area contributed by atoms with E-state index in [4.69, 9.17) is 0 Å². The average Bonchev–Trinajstić information content (AvgIpc) is 2.41. The van der Waals surface area contributed by atoms with E-state index in [1.807, 2.05) is 7.05 Å². The second-order valence-electron chi connectivity index (χ2n) is 6.00. The summed E-state index contributed by atoms with van der Waals surface area (Å²) in [6, 6.07) is 6.74. The number of nitrogens with one attached hydrogen (secondary N) is 1. The second-order valence-corrected chi connectivity index (χ2v) is 6.85. The monoisotopic (exact) mass is 339 g/mol. The summed E-state index contributed by atoms with van der Waals surface area (Å²) in [4.78, 5) is 4.82. The second kappa shape index (κ2) is 7.43. The van der Waals surface area contributed by atoms with Gasteiger partial charge in [0.05, 0.1) is 0 Å². The maximum atomic E-state index is 3.69. The summed E-state index contributed by atoms with van der Waals surface area (Å²) in [6.45, 7) is 4.48. The number of benzene rings is 1. The zero-order chi connectivity index (χ0) is 14.5. The Labute approximate surface area is 131 Å². The molecule has 0 spiro atoms. The smallest absolute Gasteiger partial charge is 0.0377 e. The predicted octanol–water partition coefficient (Wildman–Crippen LogP) is 2.95. The van der Waals surface area contributed by atoms with Crippen molar-refractivity contribution in [1.82, 2.24) is 10.2 Å². The van der Waals surface area contributed by atoms with Crippen molar-refractivity contribution in [2.75, 3.05) is 45.7 Å². The first-order valence-corrected chi connectivity index (χ1v) is 8.22. The molecule has 1 aliphatic heterocycles. The van der Waals surface area contributed by atoms with Crippen LogP contribution in [0, 0.1) is 5.92 Å². The van der Waals surface area contributed by atoms with Crippen LogP contribution in [0.15, 0.2) is 22.7 Å². The number of hydrogen-bond acceptors (Lipinski definition) is 3. The van der Waals surface area contributed by atoms with E-state index in [-0.39, 0.29) is 0 Å². The maximum Gasteiger partial charge on any atom is 0.0377 e. The molecule has 2 rings (SSSR count). The number of anilines is 1. The van der Waals surface area contributed by atoms with Crippen LogP contribution >= 0.6 is 15.9 Å². The first-order valence-electron chi connectivity index (χ1n) is 7.43. The van der Waals surface area contributed by atoms with E-state index in [1.54, 1.807) is 0 Å². The molecule has 1 saturated heterocycles. The highest BCUT2D eigenvalue weighted by Gasteiger charge is 2.20. The van der Waals surface area contributed by atoms with E-state index in [9.17, 15) is 0 Å². The lowest BCUT2D eigenvalue weighted by molar-refractivity contribution is 0.285. The lowest BCUT2D eigenvalue weighted by Gasteiger charge is -2.35. The van der Waals surface area contributed by atoms with Gasteiger partial charge in [-0.2, -0.15) is 0 Å². The summed E-state index contributed by atoms with van der Waals surface area (Å²) < 4.78 is 1.21. The van der Waals surface area contributed by atoms with Crippen molar-refractivity contribution in [3.8, 4) is 0 Å². The molecular formula is C16H26BrN3. The summed E-state index contributed by atoms with van der Waals surface area (Å²) in [5, 5.41) is 3.20. The summed E-state index contributed by atoms with van der Waals surface area (Å²) in [5.74, 6) is 0.855. The van der Waals surface area contributed by atoms with Gasteiger partial charge in [-0.3, -0.25) is 0 Å². The normalized spacial score (nSPS) is 16.9. The number of halogens is 1. The van der Waals surface area contributed by atoms with Gasteiger partial charge in [0.25, 0.3) is 0 Å². The van der Waals surface area contributed by atoms with E-state index in [1.165, 1.54) is 48.2 Å². The molecule has 1 aromatic rings. The fourth-order valence-electron chi connectivity index (χ4n) is 2.96. The van der Waals surface area contributed by atoms with Crippen LogP contribution in [0.2, 0.25) is 0 Å². The van der Waals surface area contributed by atoms with E-state index in [2.05, 4.69) is 63.3 Å². The Morgan fingerprint density at radius 3 is 2.55 bits per heavy atom. The fourth-order valence-corrected chi connectivity index (χ4v) is 3.46. The molecule has 4 heteroatoms. The van der Waals surface area contributed by atoms with Crippen LogP contribution < -0.4 is 10.2 Å². The van der Waals surface area contributed by atoms with Crippen molar-refractivity contribution in [3.63, 3.8) is 0 Å². The molecule has 0 unspecified atom stereocenters. The molecule has 1 aliphatic rings. The molecule has 0 saturated carbocycles. The third kappa shape index (κ3) is 4.21. The van der Waals surface area contributed by atoms with E-state index < -0.39 is 0 Å². The lowest BCUT2D eigenvalue weighted by Crippen LogP contribution is -2.37. The van der Waals surface area contributed by atoms with Crippen LogP contribution in [0.1, 0.15) is 18.4 Å². The van der Waals surface area contributed by atoms with Crippen LogP contribution in [-0.4, -0.2) is 45.7 Å². The van der Waals surface area contributed by atoms with E-state index in [0.717, 1.165) is 12.5 Å². The molecule has 112 valence electrons. The minimum atomic E-state index is 0.855. The van der Waals surface area contributed by atoms with Crippen molar-refractivity contribution in [2.45, 2.75) is 19.4 Å². The Morgan fingerprint density at radius 2 is 2.00 bits per heavy atom. The Hall–Kier alpha value is -0.580. The quantitative estimate of drug-likeness (QED) is 0.889. The zero-order valence-corrected chi connectivity index (χ0v) is 14.4. The Morgan fingerprint density at radius 1 is 1.30 bits per heavy atom. The topological polar surface area (TPSA) is 18.5 Å². The van der Waals surface area contributed by atoms with Gasteiger partial charge in [-0.1, -0.05) is 22.0 Å². The van der Waals surface area contributed by atoms with E-state index >= 15 is 0 Å². The van der Waals surface area contributed by atoms with Crippen LogP contribution in [0.25, 0.3) is 0 Å². The Balaban J connectivity index is 1.95. The molecule has 1 heterocycles. The van der Waals surface area contributed by atoms with Gasteiger partial charge in [0.1, 0.15) is 0 Å². The first-order chi connectivity index (χ1) is 9.60. The first kappa shape index (κ1) is 15.8. The highest BCUT2D eigenvalue weighted by molar-refractivity contribution is 9.10. The molecule has 3 nitrogen and oxygen atoms in total. The molecule has 1 aromatic carbocycles. The van der Waals surface area contributed by atoms with Gasteiger partial charge in [0, 0.05) is 36.3 Å². The van der Waals surface area contributed by atoms with Gasteiger partial charge in [-0.05, 0) is 57.6 Å². The van der Waals surface area contributed by atoms with Crippen LogP contribution in [-0.2, 0) is 6.54 Å². The van der Waals surface area contributed by atoms with Gasteiger partial charge in [0.2, 0.25) is 0 Å². The Kier molecular flexibility index (Phi) is 5.87. The van der Waals surface area contributed by atoms with Crippen molar-refractivity contribution in [1.29, 1.82) is 0 Å². The van der Waals surface area contributed by atoms with Crippen molar-refractivity contribution in [3.05, 3.63) is 28.2 Å². The highest BCUT2D eigenvalue weighted by atomic mass is 79.9. The molecule has 0 aliphatic carbocycles. The molecule has 1 N–H and O–H groups in total. The molecule has 0 amide bonds. The molecule has 20 heavy (non-hydrogen) atoms. The number of nitrogens with zero attached hydrogens (tertiary/aromatic N) is 2. The summed E-state index contributed by atoms with van der Waals surface area (Å²) in [7, 11) is 6.32. The molecule has 0 aromatic heterocycles. The Bertz CT molecular complexity index is 426. The number of hydrogen-bond donors (Lipinski definition) is 1. The summed E-state index contributed by atoms with van der Waals surface area (Å²) in [5.41, 5.74) is 2.67. The van der Waals surface area contributed by atoms with Gasteiger partial charge in [-0.15, -0.1) is 0 Å². The predicted molar refractivity (Wildman–Crippen MR) is 90.4 cm³/mol. The van der Waals surface area contributed by atoms with Crippen LogP contribution in [0.5, 0.6) is 0 Å². The largest absolute Gasteiger partial charge is 0.371 e. The lowest BCUT2D eigenvalue weighted by atomic mass is 9.96. The number of rotatable bonds is 5. The van der Waals surface area contributed by atoms with Crippen molar-refractivity contribution >= 4 is 21.6 Å². The number of piperidine rings is 1.